The highest BCUT2D eigenvalue weighted by Gasteiger charge is 2.25. The van der Waals surface area contributed by atoms with Crippen molar-refractivity contribution in [2.75, 3.05) is 40.3 Å². The molecule has 25 heavy (non-hydrogen) atoms. The molecule has 136 valence electrons. The maximum absolute atomic E-state index is 12.8. The van der Waals surface area contributed by atoms with Crippen LogP contribution in [-0.4, -0.2) is 67.1 Å². The van der Waals surface area contributed by atoms with E-state index in [1.54, 1.807) is 0 Å². The van der Waals surface area contributed by atoms with Crippen molar-refractivity contribution in [3.05, 3.63) is 35.0 Å². The average Bonchev–Trinajstić information content (AvgIpc) is 2.99. The second-order valence-electron chi connectivity index (χ2n) is 7.39. The van der Waals surface area contributed by atoms with Gasteiger partial charge in [0.25, 0.3) is 5.91 Å². The van der Waals surface area contributed by atoms with E-state index < -0.39 is 0 Å². The Morgan fingerprint density at radius 2 is 1.96 bits per heavy atom. The van der Waals surface area contributed by atoms with E-state index in [0.29, 0.717) is 5.69 Å². The smallest absolute Gasteiger partial charge is 0.270 e. The zero-order chi connectivity index (χ0) is 18.0. The fourth-order valence-corrected chi connectivity index (χ4v) is 3.51. The Balaban J connectivity index is 1.60. The van der Waals surface area contributed by atoms with Gasteiger partial charge in [-0.2, -0.15) is 0 Å². The molecule has 0 unspecified atom stereocenters. The number of likely N-dealkylation sites (tertiary alicyclic amines) is 1. The molecule has 3 rings (SSSR count). The lowest BCUT2D eigenvalue weighted by Crippen LogP contribution is -2.41. The highest BCUT2D eigenvalue weighted by molar-refractivity contribution is 5.99. The summed E-state index contributed by atoms with van der Waals surface area (Å²) in [5, 5.41) is 1.14. The van der Waals surface area contributed by atoms with E-state index in [0.717, 1.165) is 50.0 Å². The maximum Gasteiger partial charge on any atom is 0.270 e. The molecule has 5 heteroatoms. The van der Waals surface area contributed by atoms with Crippen LogP contribution in [-0.2, 0) is 4.74 Å². The summed E-state index contributed by atoms with van der Waals surface area (Å²) >= 11 is 0. The van der Waals surface area contributed by atoms with Crippen LogP contribution in [0, 0.1) is 13.8 Å². The standard InChI is InChI=1S/C20H29N3O2/c1-14-11-15(2)17-13-19(21-18(17)12-14)20(24)23-7-5-16(6-8-23)25-10-9-22(3)4/h11-13,16,21H,5-10H2,1-4H3. The van der Waals surface area contributed by atoms with Crippen molar-refractivity contribution in [1.82, 2.24) is 14.8 Å². The number of fused-ring (bicyclic) bond motifs is 1. The summed E-state index contributed by atoms with van der Waals surface area (Å²) in [5.41, 5.74) is 4.15. The molecule has 0 bridgehead atoms. The maximum atomic E-state index is 12.8. The molecule has 1 amide bonds. The molecular weight excluding hydrogens is 314 g/mol. The van der Waals surface area contributed by atoms with Crippen LogP contribution in [0.3, 0.4) is 0 Å². The number of rotatable bonds is 5. The Morgan fingerprint density at radius 1 is 1.24 bits per heavy atom. The molecule has 1 aliphatic rings. The van der Waals surface area contributed by atoms with Crippen LogP contribution < -0.4 is 0 Å². The first-order valence-electron chi connectivity index (χ1n) is 9.09. The quantitative estimate of drug-likeness (QED) is 0.908. The van der Waals surface area contributed by atoms with Crippen LogP contribution >= 0.6 is 0 Å². The first-order chi connectivity index (χ1) is 11.9. The second-order valence-corrected chi connectivity index (χ2v) is 7.39. The van der Waals surface area contributed by atoms with Gasteiger partial charge in [-0.15, -0.1) is 0 Å². The minimum absolute atomic E-state index is 0.0972. The van der Waals surface area contributed by atoms with E-state index in [1.807, 2.05) is 25.1 Å². The van der Waals surface area contributed by atoms with Crippen LogP contribution in [0.1, 0.15) is 34.5 Å². The number of ether oxygens (including phenoxy) is 1. The van der Waals surface area contributed by atoms with Gasteiger partial charge in [-0.05, 0) is 64.0 Å². The van der Waals surface area contributed by atoms with Crippen molar-refractivity contribution < 1.29 is 9.53 Å². The number of nitrogens with zero attached hydrogens (tertiary/aromatic N) is 2. The Labute approximate surface area is 149 Å². The van der Waals surface area contributed by atoms with Gasteiger partial charge in [0, 0.05) is 30.5 Å². The van der Waals surface area contributed by atoms with E-state index in [4.69, 9.17) is 4.74 Å². The SMILES string of the molecule is Cc1cc(C)c2cc(C(=O)N3CCC(OCCN(C)C)CC3)[nH]c2c1. The second kappa shape index (κ2) is 7.58. The summed E-state index contributed by atoms with van der Waals surface area (Å²) in [5.74, 6) is 0.0972. The molecule has 0 spiro atoms. The molecule has 2 aromatic rings. The zero-order valence-electron chi connectivity index (χ0n) is 15.8. The topological polar surface area (TPSA) is 48.6 Å². The predicted molar refractivity (Wildman–Crippen MR) is 101 cm³/mol. The molecule has 1 aliphatic heterocycles. The predicted octanol–water partition coefficient (Wildman–Crippen LogP) is 2.97. The molecule has 0 radical (unpaired) electrons. The third-order valence-electron chi connectivity index (χ3n) is 4.94. The minimum Gasteiger partial charge on any atom is -0.377 e. The zero-order valence-corrected chi connectivity index (χ0v) is 15.8. The van der Waals surface area contributed by atoms with Crippen LogP contribution in [0.5, 0.6) is 0 Å². The summed E-state index contributed by atoms with van der Waals surface area (Å²) in [6.07, 6.45) is 2.10. The van der Waals surface area contributed by atoms with E-state index in [1.165, 1.54) is 11.1 Å². The summed E-state index contributed by atoms with van der Waals surface area (Å²) in [7, 11) is 4.10. The Kier molecular flexibility index (Phi) is 5.45. The molecular formula is C20H29N3O2. The number of amides is 1. The molecule has 0 saturated carbocycles. The number of hydrogen-bond donors (Lipinski definition) is 1. The Bertz CT molecular complexity index is 743. The molecule has 1 N–H and O–H groups in total. The van der Waals surface area contributed by atoms with Gasteiger partial charge >= 0.3 is 0 Å². The molecule has 1 aromatic heterocycles. The number of benzene rings is 1. The highest BCUT2D eigenvalue weighted by Crippen LogP contribution is 2.23. The first-order valence-corrected chi connectivity index (χ1v) is 9.09. The number of aromatic nitrogens is 1. The van der Waals surface area contributed by atoms with Gasteiger partial charge in [0.2, 0.25) is 0 Å². The van der Waals surface area contributed by atoms with Crippen LogP contribution in [0.25, 0.3) is 10.9 Å². The number of H-pyrrole nitrogens is 1. The Hall–Kier alpha value is -1.85. The van der Waals surface area contributed by atoms with Gasteiger partial charge in [0.05, 0.1) is 12.7 Å². The summed E-state index contributed by atoms with van der Waals surface area (Å²) in [4.78, 5) is 20.2. The van der Waals surface area contributed by atoms with Gasteiger partial charge < -0.3 is 19.5 Å². The highest BCUT2D eigenvalue weighted by atomic mass is 16.5. The number of aromatic amines is 1. The van der Waals surface area contributed by atoms with E-state index in [9.17, 15) is 4.79 Å². The van der Waals surface area contributed by atoms with Crippen LogP contribution in [0.15, 0.2) is 18.2 Å². The molecule has 1 aromatic carbocycles. The van der Waals surface area contributed by atoms with Crippen molar-refractivity contribution in [2.24, 2.45) is 0 Å². The van der Waals surface area contributed by atoms with E-state index in [-0.39, 0.29) is 12.0 Å². The third-order valence-corrected chi connectivity index (χ3v) is 4.94. The van der Waals surface area contributed by atoms with E-state index >= 15 is 0 Å². The summed E-state index contributed by atoms with van der Waals surface area (Å²) in [6, 6.07) is 6.25. The van der Waals surface area contributed by atoms with Gasteiger partial charge in [-0.3, -0.25) is 4.79 Å². The number of nitrogens with one attached hydrogen (secondary N) is 1. The number of carbonyl (C=O) groups excluding carboxylic acids is 1. The van der Waals surface area contributed by atoms with Crippen LogP contribution in [0.2, 0.25) is 0 Å². The first kappa shape index (κ1) is 18.0. The van der Waals surface area contributed by atoms with Gasteiger partial charge in [-0.25, -0.2) is 0 Å². The van der Waals surface area contributed by atoms with Crippen molar-refractivity contribution in [3.8, 4) is 0 Å². The molecule has 0 atom stereocenters. The fourth-order valence-electron chi connectivity index (χ4n) is 3.51. The average molecular weight is 343 g/mol. The number of carbonyl (C=O) groups is 1. The molecule has 0 aliphatic carbocycles. The van der Waals surface area contributed by atoms with Crippen molar-refractivity contribution >= 4 is 16.8 Å². The molecule has 1 fully saturated rings. The van der Waals surface area contributed by atoms with Crippen molar-refractivity contribution in [1.29, 1.82) is 0 Å². The van der Waals surface area contributed by atoms with Gasteiger partial charge in [0.1, 0.15) is 5.69 Å². The van der Waals surface area contributed by atoms with E-state index in [2.05, 4.69) is 35.9 Å². The number of aryl methyl sites for hydroxylation is 2. The number of likely N-dealkylation sites (N-methyl/N-ethyl adjacent to an activating group) is 1. The minimum atomic E-state index is 0.0972. The normalized spacial score (nSPS) is 16.1. The van der Waals surface area contributed by atoms with Gasteiger partial charge in [-0.1, -0.05) is 6.07 Å². The number of piperidine rings is 1. The summed E-state index contributed by atoms with van der Waals surface area (Å²) in [6.45, 7) is 7.39. The molecule has 2 heterocycles. The van der Waals surface area contributed by atoms with Crippen molar-refractivity contribution in [2.45, 2.75) is 32.8 Å². The lowest BCUT2D eigenvalue weighted by molar-refractivity contribution is 0.00382. The molecule has 1 saturated heterocycles. The van der Waals surface area contributed by atoms with Crippen LogP contribution in [0.4, 0.5) is 0 Å². The lowest BCUT2D eigenvalue weighted by atomic mass is 10.1. The Morgan fingerprint density at radius 3 is 2.64 bits per heavy atom. The monoisotopic (exact) mass is 343 g/mol. The largest absolute Gasteiger partial charge is 0.377 e. The lowest BCUT2D eigenvalue weighted by Gasteiger charge is -2.32. The fraction of sp³-hybridized carbons (Fsp3) is 0.550. The molecule has 5 nitrogen and oxygen atoms in total. The van der Waals surface area contributed by atoms with Gasteiger partial charge in [0.15, 0.2) is 0 Å². The third kappa shape index (κ3) is 4.22. The summed E-state index contributed by atoms with van der Waals surface area (Å²) < 4.78 is 5.92. The number of hydrogen-bond acceptors (Lipinski definition) is 3. The van der Waals surface area contributed by atoms with Crippen molar-refractivity contribution in [3.63, 3.8) is 0 Å².